The van der Waals surface area contributed by atoms with Gasteiger partial charge in [-0.25, -0.2) is 0 Å². The van der Waals surface area contributed by atoms with Crippen molar-refractivity contribution in [1.82, 2.24) is 4.98 Å². The summed E-state index contributed by atoms with van der Waals surface area (Å²) < 4.78 is 5.29. The van der Waals surface area contributed by atoms with Crippen LogP contribution in [-0.2, 0) is 0 Å². The van der Waals surface area contributed by atoms with E-state index in [-0.39, 0.29) is 6.04 Å². The Labute approximate surface area is 134 Å². The Bertz CT molecular complexity index is 804. The molecule has 4 heteroatoms. The molecule has 1 atom stereocenters. The number of halogens is 1. The molecule has 0 saturated carbocycles. The highest BCUT2D eigenvalue weighted by Gasteiger charge is 2.12. The summed E-state index contributed by atoms with van der Waals surface area (Å²) in [5.41, 5.74) is 2.96. The van der Waals surface area contributed by atoms with Crippen LogP contribution in [0.15, 0.2) is 54.7 Å². The fourth-order valence-electron chi connectivity index (χ4n) is 2.47. The van der Waals surface area contributed by atoms with E-state index in [2.05, 4.69) is 23.3 Å². The van der Waals surface area contributed by atoms with Gasteiger partial charge in [-0.15, -0.1) is 0 Å². The van der Waals surface area contributed by atoms with Gasteiger partial charge in [0.25, 0.3) is 0 Å². The molecule has 0 aliphatic carbocycles. The van der Waals surface area contributed by atoms with Gasteiger partial charge in [0.2, 0.25) is 0 Å². The van der Waals surface area contributed by atoms with Crippen molar-refractivity contribution in [3.63, 3.8) is 0 Å². The molecule has 0 bridgehead atoms. The lowest BCUT2D eigenvalue weighted by Crippen LogP contribution is -2.08. The molecule has 3 rings (SSSR count). The van der Waals surface area contributed by atoms with E-state index in [1.54, 1.807) is 13.3 Å². The number of anilines is 1. The Balaban J connectivity index is 1.97. The second-order valence-electron chi connectivity index (χ2n) is 5.14. The number of nitrogens with one attached hydrogen (secondary N) is 1. The highest BCUT2D eigenvalue weighted by atomic mass is 35.5. The number of methoxy groups -OCH3 is 1. The van der Waals surface area contributed by atoms with E-state index < -0.39 is 0 Å². The molecule has 1 heterocycles. The first-order chi connectivity index (χ1) is 10.7. The molecule has 0 aliphatic rings. The molecule has 22 heavy (non-hydrogen) atoms. The largest absolute Gasteiger partial charge is 0.497 e. The fourth-order valence-corrected chi connectivity index (χ4v) is 2.68. The second-order valence-corrected chi connectivity index (χ2v) is 5.55. The molecule has 3 aromatic rings. The first-order valence-electron chi connectivity index (χ1n) is 7.13. The van der Waals surface area contributed by atoms with Crippen LogP contribution in [0.25, 0.3) is 10.9 Å². The summed E-state index contributed by atoms with van der Waals surface area (Å²) in [4.78, 5) is 4.36. The van der Waals surface area contributed by atoms with Gasteiger partial charge in [0.05, 0.1) is 23.3 Å². The van der Waals surface area contributed by atoms with Gasteiger partial charge < -0.3 is 10.1 Å². The number of hydrogen-bond donors (Lipinski definition) is 1. The number of rotatable bonds is 4. The first kappa shape index (κ1) is 14.7. The minimum atomic E-state index is 0.0957. The number of fused-ring (bicyclic) bond motifs is 1. The Kier molecular flexibility index (Phi) is 4.16. The van der Waals surface area contributed by atoms with Gasteiger partial charge in [-0.05, 0) is 30.7 Å². The third-order valence-corrected chi connectivity index (χ3v) is 3.97. The summed E-state index contributed by atoms with van der Waals surface area (Å²) in [6.45, 7) is 2.10. The monoisotopic (exact) mass is 312 g/mol. The Morgan fingerprint density at radius 2 is 1.95 bits per heavy atom. The molecule has 0 radical (unpaired) electrons. The number of pyridine rings is 1. The molecule has 1 unspecified atom stereocenters. The van der Waals surface area contributed by atoms with Crippen molar-refractivity contribution >= 4 is 28.2 Å². The lowest BCUT2D eigenvalue weighted by Gasteiger charge is -2.19. The predicted molar refractivity (Wildman–Crippen MR) is 91.8 cm³/mol. The van der Waals surface area contributed by atoms with Gasteiger partial charge in [-0.1, -0.05) is 41.9 Å². The minimum absolute atomic E-state index is 0.0957. The van der Waals surface area contributed by atoms with Crippen LogP contribution in [-0.4, -0.2) is 12.1 Å². The lowest BCUT2D eigenvalue weighted by atomic mass is 10.1. The smallest absolute Gasteiger partial charge is 0.119 e. The molecule has 0 fully saturated rings. The zero-order valence-corrected chi connectivity index (χ0v) is 13.3. The lowest BCUT2D eigenvalue weighted by molar-refractivity contribution is 0.414. The van der Waals surface area contributed by atoms with Crippen LogP contribution in [0.4, 0.5) is 5.69 Å². The SMILES string of the molecule is COc1cccc(C(C)Nc2c(Cl)cnc3ccccc23)c1. The van der Waals surface area contributed by atoms with Crippen molar-refractivity contribution in [1.29, 1.82) is 0 Å². The van der Waals surface area contributed by atoms with Gasteiger partial charge in [-0.2, -0.15) is 0 Å². The van der Waals surface area contributed by atoms with Crippen LogP contribution >= 0.6 is 11.6 Å². The van der Waals surface area contributed by atoms with Gasteiger partial charge in [-0.3, -0.25) is 4.98 Å². The number of hydrogen-bond acceptors (Lipinski definition) is 3. The number of nitrogens with zero attached hydrogens (tertiary/aromatic N) is 1. The van der Waals surface area contributed by atoms with E-state index in [9.17, 15) is 0 Å². The van der Waals surface area contributed by atoms with E-state index >= 15 is 0 Å². The van der Waals surface area contributed by atoms with Crippen LogP contribution in [0.1, 0.15) is 18.5 Å². The van der Waals surface area contributed by atoms with Gasteiger partial charge >= 0.3 is 0 Å². The molecule has 0 aliphatic heterocycles. The van der Waals surface area contributed by atoms with Crippen molar-refractivity contribution < 1.29 is 4.74 Å². The number of para-hydroxylation sites is 1. The standard InChI is InChI=1S/C18H17ClN2O/c1-12(13-6-5-7-14(10-13)22-2)21-18-15-8-3-4-9-17(15)20-11-16(18)19/h3-12H,1-2H3,(H,20,21). The summed E-state index contributed by atoms with van der Waals surface area (Å²) in [5, 5.41) is 5.13. The number of benzene rings is 2. The molecule has 1 aromatic heterocycles. The number of ether oxygens (including phenoxy) is 1. The molecular formula is C18H17ClN2O. The van der Waals surface area contributed by atoms with Gasteiger partial charge in [0.1, 0.15) is 5.75 Å². The summed E-state index contributed by atoms with van der Waals surface area (Å²) in [6.07, 6.45) is 1.69. The summed E-state index contributed by atoms with van der Waals surface area (Å²) in [5.74, 6) is 0.844. The number of aromatic nitrogens is 1. The van der Waals surface area contributed by atoms with E-state index in [1.165, 1.54) is 0 Å². The van der Waals surface area contributed by atoms with Gasteiger partial charge in [0, 0.05) is 17.6 Å². The summed E-state index contributed by atoms with van der Waals surface area (Å²) in [6, 6.07) is 16.1. The molecular weight excluding hydrogens is 296 g/mol. The average molecular weight is 313 g/mol. The molecule has 112 valence electrons. The Morgan fingerprint density at radius 3 is 2.77 bits per heavy atom. The fraction of sp³-hybridized carbons (Fsp3) is 0.167. The molecule has 1 N–H and O–H groups in total. The molecule has 0 saturated heterocycles. The highest BCUT2D eigenvalue weighted by molar-refractivity contribution is 6.34. The van der Waals surface area contributed by atoms with Gasteiger partial charge in [0.15, 0.2) is 0 Å². The van der Waals surface area contributed by atoms with Crippen molar-refractivity contribution in [2.24, 2.45) is 0 Å². The van der Waals surface area contributed by atoms with Crippen LogP contribution in [0, 0.1) is 0 Å². The van der Waals surface area contributed by atoms with E-state index in [4.69, 9.17) is 16.3 Å². The normalized spacial score (nSPS) is 12.1. The van der Waals surface area contributed by atoms with Crippen molar-refractivity contribution in [2.45, 2.75) is 13.0 Å². The minimum Gasteiger partial charge on any atom is -0.497 e. The topological polar surface area (TPSA) is 34.1 Å². The van der Waals surface area contributed by atoms with Crippen molar-refractivity contribution in [3.05, 3.63) is 65.3 Å². The maximum atomic E-state index is 6.34. The van der Waals surface area contributed by atoms with Crippen LogP contribution < -0.4 is 10.1 Å². The molecule has 0 spiro atoms. The predicted octanol–water partition coefficient (Wildman–Crippen LogP) is 5.07. The van der Waals surface area contributed by atoms with Crippen LogP contribution in [0.5, 0.6) is 5.75 Å². The second kappa shape index (κ2) is 6.24. The van der Waals surface area contributed by atoms with E-state index in [0.29, 0.717) is 5.02 Å². The van der Waals surface area contributed by atoms with Crippen LogP contribution in [0.3, 0.4) is 0 Å². The highest BCUT2D eigenvalue weighted by Crippen LogP contribution is 2.32. The molecule has 0 amide bonds. The van der Waals surface area contributed by atoms with Crippen LogP contribution in [0.2, 0.25) is 5.02 Å². The average Bonchev–Trinajstić information content (AvgIpc) is 2.57. The first-order valence-corrected chi connectivity index (χ1v) is 7.50. The maximum Gasteiger partial charge on any atom is 0.119 e. The Morgan fingerprint density at radius 1 is 1.14 bits per heavy atom. The van der Waals surface area contributed by atoms with Crippen molar-refractivity contribution in [2.75, 3.05) is 12.4 Å². The zero-order chi connectivity index (χ0) is 15.5. The van der Waals surface area contributed by atoms with Crippen molar-refractivity contribution in [3.8, 4) is 5.75 Å². The quantitative estimate of drug-likeness (QED) is 0.730. The maximum absolute atomic E-state index is 6.34. The third-order valence-electron chi connectivity index (χ3n) is 3.68. The summed E-state index contributed by atoms with van der Waals surface area (Å²) >= 11 is 6.34. The van der Waals surface area contributed by atoms with E-state index in [1.807, 2.05) is 42.5 Å². The van der Waals surface area contributed by atoms with E-state index in [0.717, 1.165) is 27.9 Å². The third kappa shape index (κ3) is 2.85. The molecule has 2 aromatic carbocycles. The molecule has 3 nitrogen and oxygen atoms in total. The zero-order valence-electron chi connectivity index (χ0n) is 12.5. The summed E-state index contributed by atoms with van der Waals surface area (Å²) in [7, 11) is 1.67. The Hall–Kier alpha value is -2.26.